The molecule has 0 amide bonds. The number of aryl methyl sites for hydroxylation is 1. The van der Waals surface area contributed by atoms with Gasteiger partial charge in [0, 0.05) is 19.2 Å². The Morgan fingerprint density at radius 2 is 2.31 bits per heavy atom. The van der Waals surface area contributed by atoms with Gasteiger partial charge in [0.25, 0.3) is 0 Å². The van der Waals surface area contributed by atoms with Crippen molar-refractivity contribution in [3.05, 3.63) is 11.9 Å². The molecule has 1 aliphatic rings. The van der Waals surface area contributed by atoms with Crippen molar-refractivity contribution in [1.29, 1.82) is 0 Å². The van der Waals surface area contributed by atoms with Gasteiger partial charge in [0.1, 0.15) is 17.5 Å². The third-order valence-corrected chi connectivity index (χ3v) is 3.15. The summed E-state index contributed by atoms with van der Waals surface area (Å²) in [5, 5.41) is 0. The summed E-state index contributed by atoms with van der Waals surface area (Å²) in [6.45, 7) is 6.35. The van der Waals surface area contributed by atoms with Gasteiger partial charge < -0.3 is 10.6 Å². The number of hydrogen-bond acceptors (Lipinski definition) is 4. The number of anilines is 2. The van der Waals surface area contributed by atoms with Crippen LogP contribution in [0.4, 0.5) is 11.6 Å². The van der Waals surface area contributed by atoms with Crippen LogP contribution in [0.3, 0.4) is 0 Å². The standard InChI is InChI=1S/C12H20N4/c1-3-4-10-5-6-16(8-10)12-7-11(13)14-9(2)15-12/h7,10H,3-6,8H2,1-2H3,(H2,13,14,15). The minimum Gasteiger partial charge on any atom is -0.384 e. The highest BCUT2D eigenvalue weighted by Gasteiger charge is 2.23. The number of aromatic nitrogens is 2. The molecule has 1 fully saturated rings. The minimum absolute atomic E-state index is 0.571. The van der Waals surface area contributed by atoms with E-state index in [4.69, 9.17) is 5.73 Å². The van der Waals surface area contributed by atoms with E-state index in [0.717, 1.165) is 30.6 Å². The molecule has 1 unspecified atom stereocenters. The van der Waals surface area contributed by atoms with Gasteiger partial charge in [-0.3, -0.25) is 0 Å². The molecule has 88 valence electrons. The predicted molar refractivity (Wildman–Crippen MR) is 66.4 cm³/mol. The maximum absolute atomic E-state index is 5.74. The zero-order valence-corrected chi connectivity index (χ0v) is 10.1. The van der Waals surface area contributed by atoms with Crippen molar-refractivity contribution in [3.63, 3.8) is 0 Å². The molecular formula is C12H20N4. The largest absolute Gasteiger partial charge is 0.384 e. The lowest BCUT2D eigenvalue weighted by Gasteiger charge is -2.18. The van der Waals surface area contributed by atoms with Gasteiger partial charge in [-0.25, -0.2) is 9.97 Å². The van der Waals surface area contributed by atoms with E-state index in [1.165, 1.54) is 19.3 Å². The summed E-state index contributed by atoms with van der Waals surface area (Å²) in [6, 6.07) is 1.88. The Bertz CT molecular complexity index is 344. The van der Waals surface area contributed by atoms with Crippen molar-refractivity contribution in [2.75, 3.05) is 23.7 Å². The quantitative estimate of drug-likeness (QED) is 0.846. The fraction of sp³-hybridized carbons (Fsp3) is 0.667. The van der Waals surface area contributed by atoms with Crippen molar-refractivity contribution in [2.24, 2.45) is 5.92 Å². The molecule has 0 bridgehead atoms. The van der Waals surface area contributed by atoms with E-state index in [9.17, 15) is 0 Å². The molecule has 1 aromatic heterocycles. The summed E-state index contributed by atoms with van der Waals surface area (Å²) in [5.74, 6) is 3.14. The molecule has 1 aromatic rings. The molecule has 2 N–H and O–H groups in total. The highest BCUT2D eigenvalue weighted by Crippen LogP contribution is 2.25. The number of nitrogen functional groups attached to an aromatic ring is 1. The van der Waals surface area contributed by atoms with Crippen LogP contribution < -0.4 is 10.6 Å². The first-order valence-corrected chi connectivity index (χ1v) is 6.05. The molecule has 1 aliphatic heterocycles. The normalized spacial score (nSPS) is 20.4. The molecule has 1 saturated heterocycles. The Balaban J connectivity index is 2.08. The monoisotopic (exact) mass is 220 g/mol. The van der Waals surface area contributed by atoms with Gasteiger partial charge in [0.15, 0.2) is 0 Å². The first kappa shape index (κ1) is 11.2. The zero-order chi connectivity index (χ0) is 11.5. The van der Waals surface area contributed by atoms with Crippen molar-refractivity contribution in [3.8, 4) is 0 Å². The summed E-state index contributed by atoms with van der Waals surface area (Å²) in [7, 11) is 0. The second kappa shape index (κ2) is 4.68. The lowest BCUT2D eigenvalue weighted by atomic mass is 10.0. The van der Waals surface area contributed by atoms with Gasteiger partial charge >= 0.3 is 0 Å². The van der Waals surface area contributed by atoms with Crippen LogP contribution in [-0.2, 0) is 0 Å². The van der Waals surface area contributed by atoms with Crippen LogP contribution in [0, 0.1) is 12.8 Å². The molecule has 0 radical (unpaired) electrons. The first-order valence-electron chi connectivity index (χ1n) is 6.05. The van der Waals surface area contributed by atoms with Crippen LogP contribution >= 0.6 is 0 Å². The minimum atomic E-state index is 0.571. The van der Waals surface area contributed by atoms with Crippen LogP contribution in [0.5, 0.6) is 0 Å². The second-order valence-corrected chi connectivity index (χ2v) is 4.59. The first-order chi connectivity index (χ1) is 7.69. The Hall–Kier alpha value is -1.32. The van der Waals surface area contributed by atoms with E-state index in [0.29, 0.717) is 5.82 Å². The Kier molecular flexibility index (Phi) is 3.27. The fourth-order valence-corrected chi connectivity index (χ4v) is 2.42. The highest BCUT2D eigenvalue weighted by molar-refractivity contribution is 5.47. The van der Waals surface area contributed by atoms with Crippen molar-refractivity contribution < 1.29 is 0 Å². The summed E-state index contributed by atoms with van der Waals surface area (Å²) in [6.07, 6.45) is 3.86. The molecule has 16 heavy (non-hydrogen) atoms. The summed E-state index contributed by atoms with van der Waals surface area (Å²) >= 11 is 0. The number of nitrogens with zero attached hydrogens (tertiary/aromatic N) is 3. The maximum Gasteiger partial charge on any atom is 0.134 e. The molecule has 0 spiro atoms. The van der Waals surface area contributed by atoms with Crippen molar-refractivity contribution >= 4 is 11.6 Å². The van der Waals surface area contributed by atoms with Gasteiger partial charge in [0.2, 0.25) is 0 Å². The Labute approximate surface area is 96.9 Å². The number of hydrogen-bond donors (Lipinski definition) is 1. The van der Waals surface area contributed by atoms with Gasteiger partial charge in [-0.05, 0) is 25.7 Å². The van der Waals surface area contributed by atoms with Crippen LogP contribution in [0.25, 0.3) is 0 Å². The Morgan fingerprint density at radius 1 is 1.50 bits per heavy atom. The average Bonchev–Trinajstić information content (AvgIpc) is 2.65. The molecule has 2 heterocycles. The SMILES string of the molecule is CCCC1CCN(c2cc(N)nc(C)n2)C1. The summed E-state index contributed by atoms with van der Waals surface area (Å²) in [5.41, 5.74) is 5.74. The fourth-order valence-electron chi connectivity index (χ4n) is 2.42. The lowest BCUT2D eigenvalue weighted by molar-refractivity contribution is 0.529. The summed E-state index contributed by atoms with van der Waals surface area (Å²) < 4.78 is 0. The van der Waals surface area contributed by atoms with E-state index in [1.54, 1.807) is 0 Å². The van der Waals surface area contributed by atoms with Crippen molar-refractivity contribution in [2.45, 2.75) is 33.1 Å². The van der Waals surface area contributed by atoms with Gasteiger partial charge in [-0.1, -0.05) is 13.3 Å². The van der Waals surface area contributed by atoms with Crippen LogP contribution in [-0.4, -0.2) is 23.1 Å². The van der Waals surface area contributed by atoms with Gasteiger partial charge in [-0.15, -0.1) is 0 Å². The molecular weight excluding hydrogens is 200 g/mol. The Morgan fingerprint density at radius 3 is 3.00 bits per heavy atom. The molecule has 4 heteroatoms. The van der Waals surface area contributed by atoms with Crippen LogP contribution in [0.1, 0.15) is 32.0 Å². The molecule has 0 aromatic carbocycles. The lowest BCUT2D eigenvalue weighted by Crippen LogP contribution is -2.21. The maximum atomic E-state index is 5.74. The smallest absolute Gasteiger partial charge is 0.134 e. The van der Waals surface area contributed by atoms with E-state index in [1.807, 2.05) is 13.0 Å². The zero-order valence-electron chi connectivity index (χ0n) is 10.1. The topological polar surface area (TPSA) is 55.0 Å². The van der Waals surface area contributed by atoms with Crippen molar-refractivity contribution in [1.82, 2.24) is 9.97 Å². The summed E-state index contributed by atoms with van der Waals surface area (Å²) in [4.78, 5) is 10.9. The average molecular weight is 220 g/mol. The van der Waals surface area contributed by atoms with Crippen LogP contribution in [0.2, 0.25) is 0 Å². The van der Waals surface area contributed by atoms with E-state index < -0.39 is 0 Å². The number of nitrogens with two attached hydrogens (primary N) is 1. The third-order valence-electron chi connectivity index (χ3n) is 3.15. The van der Waals surface area contributed by atoms with E-state index in [-0.39, 0.29) is 0 Å². The van der Waals surface area contributed by atoms with Gasteiger partial charge in [0.05, 0.1) is 0 Å². The molecule has 2 rings (SSSR count). The van der Waals surface area contributed by atoms with Gasteiger partial charge in [-0.2, -0.15) is 0 Å². The molecule has 0 aliphatic carbocycles. The van der Waals surface area contributed by atoms with E-state index >= 15 is 0 Å². The molecule has 4 nitrogen and oxygen atoms in total. The second-order valence-electron chi connectivity index (χ2n) is 4.59. The predicted octanol–water partition coefficient (Wildman–Crippen LogP) is 1.99. The highest BCUT2D eigenvalue weighted by atomic mass is 15.2. The van der Waals surface area contributed by atoms with E-state index in [2.05, 4.69) is 21.8 Å². The molecule has 0 saturated carbocycles. The number of rotatable bonds is 3. The molecule has 1 atom stereocenters. The van der Waals surface area contributed by atoms with Crippen LogP contribution in [0.15, 0.2) is 6.07 Å². The third kappa shape index (κ3) is 2.43.